The molecule has 1 aliphatic heterocycles. The molecule has 5 nitrogen and oxygen atoms in total. The van der Waals surface area contributed by atoms with E-state index in [-0.39, 0.29) is 5.91 Å². The van der Waals surface area contributed by atoms with Gasteiger partial charge in [-0.1, -0.05) is 22.0 Å². The summed E-state index contributed by atoms with van der Waals surface area (Å²) in [6.07, 6.45) is 1.90. The Morgan fingerprint density at radius 3 is 2.43 bits per heavy atom. The summed E-state index contributed by atoms with van der Waals surface area (Å²) >= 11 is 5.89. The van der Waals surface area contributed by atoms with Crippen molar-refractivity contribution in [3.05, 3.63) is 75.6 Å². The number of amidine groups is 1. The molecule has 1 amide bonds. The van der Waals surface area contributed by atoms with E-state index in [1.807, 2.05) is 30.3 Å². The Hall–Kier alpha value is -1.90. The van der Waals surface area contributed by atoms with Gasteiger partial charge in [0, 0.05) is 11.4 Å². The number of aliphatic imine (C=N–C) groups is 1. The Balaban J connectivity index is 0.000000589. The van der Waals surface area contributed by atoms with E-state index in [1.54, 1.807) is 0 Å². The van der Waals surface area contributed by atoms with Crippen LogP contribution in [0.5, 0.6) is 0 Å². The number of thioether (sulfide) groups is 1. The number of aliphatic carboxylic acids is 1. The minimum absolute atomic E-state index is 0.201. The van der Waals surface area contributed by atoms with E-state index >= 15 is 0 Å². The number of anilines is 1. The van der Waals surface area contributed by atoms with Crippen LogP contribution in [0.15, 0.2) is 75.0 Å². The van der Waals surface area contributed by atoms with E-state index in [9.17, 15) is 4.79 Å². The van der Waals surface area contributed by atoms with Crippen LogP contribution in [0.2, 0.25) is 0 Å². The second-order valence-corrected chi connectivity index (χ2v) is 9.69. The van der Waals surface area contributed by atoms with E-state index in [1.165, 1.54) is 14.6 Å². The number of hydrogen-bond donors (Lipinski definition) is 2. The number of hydrogen-bond acceptors (Lipinski definition) is 4. The molecule has 0 atom stereocenters. The predicted molar refractivity (Wildman–Crippen MR) is 128 cm³/mol. The zero-order chi connectivity index (χ0) is 21.7. The van der Waals surface area contributed by atoms with Gasteiger partial charge in [0.1, 0.15) is 0 Å². The monoisotopic (exact) mass is 490 g/mol. The summed E-state index contributed by atoms with van der Waals surface area (Å²) < 4.78 is 2.39. The van der Waals surface area contributed by atoms with Crippen LogP contribution < -0.4 is 8.13 Å². The molecular formula is C22H16BrN2NaO3S. The third-order valence-corrected chi connectivity index (χ3v) is 6.11. The van der Waals surface area contributed by atoms with Crippen LogP contribution in [0.3, 0.4) is 0 Å². The van der Waals surface area contributed by atoms with Crippen molar-refractivity contribution in [2.75, 3.05) is 5.32 Å². The molecule has 1 heterocycles. The van der Waals surface area contributed by atoms with Gasteiger partial charge in [-0.2, -0.15) is 0 Å². The number of carboxylic acids is 1. The van der Waals surface area contributed by atoms with Gasteiger partial charge in [0.2, 0.25) is 0 Å². The van der Waals surface area contributed by atoms with Gasteiger partial charge in [-0.05, 0) is 17.5 Å². The summed E-state index contributed by atoms with van der Waals surface area (Å²) in [5, 5.41) is 13.5. The van der Waals surface area contributed by atoms with Gasteiger partial charge in [0.25, 0.3) is 5.97 Å². The van der Waals surface area contributed by atoms with Crippen LogP contribution in [-0.4, -0.2) is 50.1 Å². The summed E-state index contributed by atoms with van der Waals surface area (Å²) in [6.45, 7) is 1.08. The van der Waals surface area contributed by atoms with E-state index in [4.69, 9.17) is 9.90 Å². The first-order chi connectivity index (χ1) is 14.3. The number of benzene rings is 3. The van der Waals surface area contributed by atoms with Crippen molar-refractivity contribution in [1.29, 1.82) is 0 Å². The Kier molecular flexibility index (Phi) is 7.91. The van der Waals surface area contributed by atoms with Crippen molar-refractivity contribution in [2.45, 2.75) is 6.92 Å². The molecule has 1 aliphatic rings. The summed E-state index contributed by atoms with van der Waals surface area (Å²) in [7, 11) is 0. The van der Waals surface area contributed by atoms with Crippen LogP contribution in [0, 0.1) is 0 Å². The van der Waals surface area contributed by atoms with Crippen LogP contribution in [-0.2, 0) is 9.59 Å². The number of carbonyl (C=O) groups excluding carboxylic acids is 1. The van der Waals surface area contributed by atoms with Crippen molar-refractivity contribution >= 4 is 98.0 Å². The molecule has 0 fully saturated rings. The van der Waals surface area contributed by atoms with E-state index in [0.717, 1.165) is 61.4 Å². The molecule has 0 saturated carbocycles. The van der Waals surface area contributed by atoms with Gasteiger partial charge < -0.3 is 5.11 Å². The fraction of sp³-hybridized carbons (Fsp3) is 0.0455. The molecule has 0 radical (unpaired) electrons. The normalized spacial score (nSPS) is 14.3. The number of nitrogens with one attached hydrogen (secondary N) is 1. The quantitative estimate of drug-likeness (QED) is 0.406. The molecule has 8 heteroatoms. The second-order valence-electron chi connectivity index (χ2n) is 6.59. The average molecular weight is 491 g/mol. The fourth-order valence-electron chi connectivity index (χ4n) is 2.70. The van der Waals surface area contributed by atoms with Crippen LogP contribution in [0.1, 0.15) is 12.5 Å². The topological polar surface area (TPSA) is 78.8 Å². The van der Waals surface area contributed by atoms with E-state index in [0.29, 0.717) is 10.1 Å². The first-order valence-electron chi connectivity index (χ1n) is 9.05. The minimum atomic E-state index is -0.833. The standard InChI is InChI=1S/C20H12BrN2OS.C2H4O2.Na/c21-16-9-8-14-10-13(6-7-15(14)12-16)11-18-19(24)23-20(25-18)22-17-4-2-1-3-5-17;1-2(3)4;/h2-12H,(H,22,23,24);1H3,(H,3,4);. The molecule has 30 heavy (non-hydrogen) atoms. The molecule has 0 saturated heterocycles. The number of nitrogens with zero attached hydrogens (tertiary/aromatic N) is 1. The zero-order valence-corrected chi connectivity index (χ0v) is 20.8. The van der Waals surface area contributed by atoms with Crippen molar-refractivity contribution in [2.24, 2.45) is 4.99 Å². The fourth-order valence-corrected chi connectivity index (χ4v) is 4.25. The Morgan fingerprint density at radius 2 is 1.73 bits per heavy atom. The van der Waals surface area contributed by atoms with Gasteiger partial charge in [-0.3, -0.25) is 4.79 Å². The van der Waals surface area contributed by atoms with Crippen molar-refractivity contribution in [3.63, 3.8) is 0 Å². The summed E-state index contributed by atoms with van der Waals surface area (Å²) in [5.41, 5.74) is 1.94. The molecule has 0 aromatic heterocycles. The molecular weight excluding hydrogens is 475 g/mol. The molecule has 3 aromatic carbocycles. The zero-order valence-electron chi connectivity index (χ0n) is 16.3. The van der Waals surface area contributed by atoms with Gasteiger partial charge in [0.15, 0.2) is 0 Å². The van der Waals surface area contributed by atoms with E-state index in [2.05, 4.69) is 62.6 Å². The third-order valence-electron chi connectivity index (χ3n) is 4.05. The predicted octanol–water partition coefficient (Wildman–Crippen LogP) is 4.57. The maximum absolute atomic E-state index is 12.2. The number of halogens is 1. The van der Waals surface area contributed by atoms with Gasteiger partial charge in [-0.15, -0.1) is 0 Å². The Morgan fingerprint density at radius 1 is 1.10 bits per heavy atom. The van der Waals surface area contributed by atoms with E-state index < -0.39 is 5.97 Å². The third kappa shape index (κ3) is 6.55. The van der Waals surface area contributed by atoms with Crippen molar-refractivity contribution in [1.82, 2.24) is 0 Å². The summed E-state index contributed by atoms with van der Waals surface area (Å²) in [4.78, 5) is 26.0. The number of carboxylic acid groups (broad SMARTS) is 1. The Labute approximate surface area is 204 Å². The summed E-state index contributed by atoms with van der Waals surface area (Å²) in [6, 6.07) is 20.5. The van der Waals surface area contributed by atoms with Crippen molar-refractivity contribution in [3.8, 4) is 0 Å². The molecule has 146 valence electrons. The number of fused-ring (bicyclic) bond motifs is 1. The van der Waals surface area contributed by atoms with Crippen LogP contribution >= 0.6 is 27.7 Å². The average Bonchev–Trinajstić information content (AvgIpc) is 3.02. The molecule has 0 bridgehead atoms. The number of rotatable bonds is 2. The molecule has 3 aromatic rings. The molecule has 0 spiro atoms. The van der Waals surface area contributed by atoms with Crippen LogP contribution in [0.4, 0.5) is 5.69 Å². The SMILES string of the molecule is CC(=O)O.O=C1N=C(Nc2cc[c]([Na])cc2)SC1=Cc1ccc2cc(Br)ccc2c1. The first-order valence-corrected chi connectivity index (χ1v) is 11.7. The number of carbonyl (C=O) groups is 2. The molecule has 0 unspecified atom stereocenters. The molecule has 4 rings (SSSR count). The van der Waals surface area contributed by atoms with Crippen LogP contribution in [0.25, 0.3) is 16.8 Å². The first kappa shape index (κ1) is 22.8. The Bertz CT molecular complexity index is 1170. The second kappa shape index (κ2) is 10.4. The summed E-state index contributed by atoms with van der Waals surface area (Å²) in [5.74, 6) is -1.03. The van der Waals surface area contributed by atoms with Gasteiger partial charge in [-0.25, -0.2) is 0 Å². The van der Waals surface area contributed by atoms with Crippen molar-refractivity contribution < 1.29 is 14.7 Å². The molecule has 0 aliphatic carbocycles. The maximum atomic E-state index is 12.2. The molecule has 2 N–H and O–H groups in total. The number of amides is 1. The van der Waals surface area contributed by atoms with Gasteiger partial charge >= 0.3 is 139 Å². The van der Waals surface area contributed by atoms with Gasteiger partial charge in [0.05, 0.1) is 0 Å².